The molecule has 6 heteroatoms. The number of hydrogen-bond donors (Lipinski definition) is 2. The molecule has 0 saturated heterocycles. The van der Waals surface area contributed by atoms with Crippen LogP contribution in [-0.4, -0.2) is 17.7 Å². The fourth-order valence-corrected chi connectivity index (χ4v) is 1.56. The van der Waals surface area contributed by atoms with E-state index < -0.39 is 5.97 Å². The minimum Gasteiger partial charge on any atom is -0.479 e. The third-order valence-electron chi connectivity index (χ3n) is 1.74. The van der Waals surface area contributed by atoms with Gasteiger partial charge in [-0.05, 0) is 25.1 Å². The number of anilines is 1. The van der Waals surface area contributed by atoms with E-state index in [0.29, 0.717) is 22.3 Å². The SMILES string of the molecule is CCO/C(=C\C(=O)O)Nc1ccc(Cl)cc1Cl. The number of rotatable bonds is 5. The Kier molecular flexibility index (Phi) is 5.12. The number of nitrogens with one attached hydrogen (secondary N) is 1. The number of benzene rings is 1. The van der Waals surface area contributed by atoms with Crippen LogP contribution in [0.4, 0.5) is 5.69 Å². The Hall–Kier alpha value is -1.39. The third-order valence-corrected chi connectivity index (χ3v) is 2.29. The number of carboxylic acid groups (broad SMARTS) is 1. The molecule has 0 spiro atoms. The Bertz CT molecular complexity index is 446. The maximum absolute atomic E-state index is 10.6. The summed E-state index contributed by atoms with van der Waals surface area (Å²) < 4.78 is 5.12. The quantitative estimate of drug-likeness (QED) is 0.639. The second-order valence-corrected chi connectivity index (χ2v) is 3.87. The number of halogens is 2. The molecule has 0 aromatic heterocycles. The molecule has 0 amide bonds. The van der Waals surface area contributed by atoms with E-state index in [2.05, 4.69) is 5.32 Å². The van der Waals surface area contributed by atoms with Crippen LogP contribution < -0.4 is 5.32 Å². The molecule has 0 atom stereocenters. The molecule has 0 heterocycles. The topological polar surface area (TPSA) is 58.6 Å². The second kappa shape index (κ2) is 6.37. The molecule has 0 aliphatic rings. The molecule has 2 N–H and O–H groups in total. The van der Waals surface area contributed by atoms with Gasteiger partial charge in [0.05, 0.1) is 23.4 Å². The molecule has 0 fully saturated rings. The zero-order valence-corrected chi connectivity index (χ0v) is 10.5. The highest BCUT2D eigenvalue weighted by molar-refractivity contribution is 6.36. The van der Waals surface area contributed by atoms with E-state index in [4.69, 9.17) is 33.0 Å². The van der Waals surface area contributed by atoms with Crippen molar-refractivity contribution < 1.29 is 14.6 Å². The van der Waals surface area contributed by atoms with Gasteiger partial charge >= 0.3 is 5.97 Å². The molecule has 0 radical (unpaired) electrons. The predicted molar refractivity (Wildman–Crippen MR) is 67.4 cm³/mol. The van der Waals surface area contributed by atoms with Gasteiger partial charge in [-0.3, -0.25) is 0 Å². The second-order valence-electron chi connectivity index (χ2n) is 3.03. The van der Waals surface area contributed by atoms with Crippen molar-refractivity contribution in [3.63, 3.8) is 0 Å². The van der Waals surface area contributed by atoms with Crippen LogP contribution in [0.2, 0.25) is 10.0 Å². The fourth-order valence-electron chi connectivity index (χ4n) is 1.11. The first kappa shape index (κ1) is 13.7. The molecule has 1 aromatic rings. The van der Waals surface area contributed by atoms with Crippen LogP contribution in [-0.2, 0) is 9.53 Å². The Labute approximate surface area is 109 Å². The summed E-state index contributed by atoms with van der Waals surface area (Å²) in [5, 5.41) is 12.3. The Morgan fingerprint density at radius 2 is 2.24 bits per heavy atom. The molecular formula is C11H11Cl2NO3. The molecule has 0 saturated carbocycles. The van der Waals surface area contributed by atoms with Gasteiger partial charge < -0.3 is 15.2 Å². The van der Waals surface area contributed by atoms with Crippen molar-refractivity contribution in [1.29, 1.82) is 0 Å². The van der Waals surface area contributed by atoms with Crippen molar-refractivity contribution in [3.8, 4) is 0 Å². The predicted octanol–water partition coefficient (Wildman–Crippen LogP) is 3.37. The standard InChI is InChI=1S/C11H11Cl2NO3/c1-2-17-10(6-11(15)16)14-9-4-3-7(12)5-8(9)13/h3-6,14H,2H2,1H3,(H,15,16)/b10-6-. The van der Waals surface area contributed by atoms with E-state index in [1.807, 2.05) is 0 Å². The summed E-state index contributed by atoms with van der Waals surface area (Å²) in [6.45, 7) is 2.10. The minimum atomic E-state index is -1.11. The lowest BCUT2D eigenvalue weighted by atomic mass is 10.3. The lowest BCUT2D eigenvalue weighted by Crippen LogP contribution is -2.07. The van der Waals surface area contributed by atoms with Gasteiger partial charge in [-0.25, -0.2) is 4.79 Å². The number of ether oxygens (including phenoxy) is 1. The molecule has 1 rings (SSSR count). The molecule has 0 bridgehead atoms. The fraction of sp³-hybridized carbons (Fsp3) is 0.182. The van der Waals surface area contributed by atoms with Crippen molar-refractivity contribution in [1.82, 2.24) is 0 Å². The number of carbonyl (C=O) groups is 1. The van der Waals surface area contributed by atoms with E-state index >= 15 is 0 Å². The van der Waals surface area contributed by atoms with Crippen molar-refractivity contribution >= 4 is 34.9 Å². The van der Waals surface area contributed by atoms with Crippen LogP contribution >= 0.6 is 23.2 Å². The van der Waals surface area contributed by atoms with Crippen LogP contribution in [0.3, 0.4) is 0 Å². The molecule has 0 unspecified atom stereocenters. The summed E-state index contributed by atoms with van der Waals surface area (Å²) in [6, 6.07) is 4.83. The summed E-state index contributed by atoms with van der Waals surface area (Å²) >= 11 is 11.7. The molecule has 1 aromatic carbocycles. The zero-order valence-electron chi connectivity index (χ0n) is 9.04. The van der Waals surface area contributed by atoms with Crippen molar-refractivity contribution in [2.45, 2.75) is 6.92 Å². The Morgan fingerprint density at radius 1 is 1.53 bits per heavy atom. The summed E-state index contributed by atoms with van der Waals surface area (Å²) in [5.41, 5.74) is 0.525. The first-order valence-electron chi connectivity index (χ1n) is 4.82. The van der Waals surface area contributed by atoms with Crippen LogP contribution in [0.5, 0.6) is 0 Å². The summed E-state index contributed by atoms with van der Waals surface area (Å²) in [4.78, 5) is 10.6. The van der Waals surface area contributed by atoms with Crippen molar-refractivity contribution in [2.24, 2.45) is 0 Å². The monoisotopic (exact) mass is 275 g/mol. The van der Waals surface area contributed by atoms with Gasteiger partial charge in [0.25, 0.3) is 0 Å². The number of hydrogen-bond acceptors (Lipinski definition) is 3. The molecule has 92 valence electrons. The summed E-state index contributed by atoms with van der Waals surface area (Å²) in [6.07, 6.45) is 0.925. The van der Waals surface area contributed by atoms with Gasteiger partial charge in [-0.1, -0.05) is 23.2 Å². The highest BCUT2D eigenvalue weighted by Gasteiger charge is 2.06. The van der Waals surface area contributed by atoms with Gasteiger partial charge in [0.2, 0.25) is 0 Å². The van der Waals surface area contributed by atoms with Crippen LogP contribution in [0.25, 0.3) is 0 Å². The molecular weight excluding hydrogens is 265 g/mol. The lowest BCUT2D eigenvalue weighted by molar-refractivity contribution is -0.131. The van der Waals surface area contributed by atoms with Crippen LogP contribution in [0.15, 0.2) is 30.2 Å². The number of carboxylic acids is 1. The van der Waals surface area contributed by atoms with E-state index in [9.17, 15) is 4.79 Å². The first-order chi connectivity index (χ1) is 8.02. The highest BCUT2D eigenvalue weighted by atomic mass is 35.5. The number of aliphatic carboxylic acids is 1. The van der Waals surface area contributed by atoms with Gasteiger partial charge in [-0.15, -0.1) is 0 Å². The van der Waals surface area contributed by atoms with Crippen LogP contribution in [0.1, 0.15) is 6.92 Å². The van der Waals surface area contributed by atoms with Crippen molar-refractivity contribution in [3.05, 3.63) is 40.2 Å². The van der Waals surface area contributed by atoms with Crippen molar-refractivity contribution in [2.75, 3.05) is 11.9 Å². The van der Waals surface area contributed by atoms with E-state index in [1.54, 1.807) is 25.1 Å². The van der Waals surface area contributed by atoms with Gasteiger partial charge in [-0.2, -0.15) is 0 Å². The van der Waals surface area contributed by atoms with Gasteiger partial charge in [0.1, 0.15) is 0 Å². The summed E-state index contributed by atoms with van der Waals surface area (Å²) in [7, 11) is 0. The molecule has 0 aliphatic carbocycles. The van der Waals surface area contributed by atoms with E-state index in [1.165, 1.54) is 0 Å². The smallest absolute Gasteiger partial charge is 0.333 e. The molecule has 17 heavy (non-hydrogen) atoms. The van der Waals surface area contributed by atoms with Gasteiger partial charge in [0, 0.05) is 5.02 Å². The highest BCUT2D eigenvalue weighted by Crippen LogP contribution is 2.26. The summed E-state index contributed by atoms with van der Waals surface area (Å²) in [5.74, 6) is -0.991. The van der Waals surface area contributed by atoms with E-state index in [-0.39, 0.29) is 5.88 Å². The first-order valence-corrected chi connectivity index (χ1v) is 5.58. The maximum Gasteiger partial charge on any atom is 0.333 e. The van der Waals surface area contributed by atoms with Gasteiger partial charge in [0.15, 0.2) is 5.88 Å². The zero-order chi connectivity index (χ0) is 12.8. The average molecular weight is 276 g/mol. The Morgan fingerprint density at radius 3 is 2.76 bits per heavy atom. The van der Waals surface area contributed by atoms with Crippen LogP contribution in [0, 0.1) is 0 Å². The minimum absolute atomic E-state index is 0.115. The normalized spacial score (nSPS) is 11.1. The lowest BCUT2D eigenvalue weighted by Gasteiger charge is -2.12. The molecule has 0 aliphatic heterocycles. The maximum atomic E-state index is 10.6. The van der Waals surface area contributed by atoms with E-state index in [0.717, 1.165) is 6.08 Å². The Balaban J connectivity index is 2.89. The third kappa shape index (κ3) is 4.54. The molecule has 4 nitrogen and oxygen atoms in total. The average Bonchev–Trinajstić information content (AvgIpc) is 2.21. The largest absolute Gasteiger partial charge is 0.479 e.